The smallest absolute Gasteiger partial charge is 0.416 e. The lowest BCUT2D eigenvalue weighted by Gasteiger charge is -2.34. The summed E-state index contributed by atoms with van der Waals surface area (Å²) < 4.78 is 45.1. The number of nitrogens with zero attached hydrogens (tertiary/aromatic N) is 1. The third kappa shape index (κ3) is 4.35. The highest BCUT2D eigenvalue weighted by atomic mass is 19.4. The van der Waals surface area contributed by atoms with Crippen LogP contribution in [0.5, 0.6) is 5.75 Å². The third-order valence-electron chi connectivity index (χ3n) is 5.66. The predicted octanol–water partition coefficient (Wildman–Crippen LogP) is 5.20. The normalized spacial score (nSPS) is 18.6. The Labute approximate surface area is 183 Å². The molecule has 2 aliphatic heterocycles. The molecule has 8 heteroatoms. The van der Waals surface area contributed by atoms with E-state index in [1.807, 2.05) is 6.07 Å². The molecule has 0 aliphatic carbocycles. The van der Waals surface area contributed by atoms with Crippen LogP contribution in [-0.2, 0) is 22.2 Å². The first-order valence-corrected chi connectivity index (χ1v) is 10.2. The number of rotatable bonds is 2. The molecule has 0 aromatic heterocycles. The van der Waals surface area contributed by atoms with E-state index in [2.05, 4.69) is 5.32 Å². The highest BCUT2D eigenvalue weighted by Crippen LogP contribution is 2.43. The van der Waals surface area contributed by atoms with E-state index in [0.717, 1.165) is 23.4 Å². The van der Waals surface area contributed by atoms with E-state index in [1.54, 1.807) is 37.9 Å². The summed E-state index contributed by atoms with van der Waals surface area (Å²) in [6.45, 7) is 3.52. The first-order valence-electron chi connectivity index (χ1n) is 10.2. The lowest BCUT2D eigenvalue weighted by molar-refractivity contribution is -0.137. The molecule has 0 saturated carbocycles. The Balaban J connectivity index is 1.62. The average molecular weight is 444 g/mol. The van der Waals surface area contributed by atoms with Crippen LogP contribution in [0.15, 0.2) is 42.5 Å². The molecule has 5 nitrogen and oxygen atoms in total. The van der Waals surface area contributed by atoms with Gasteiger partial charge < -0.3 is 15.0 Å². The van der Waals surface area contributed by atoms with Crippen LogP contribution in [0.4, 0.5) is 24.5 Å². The van der Waals surface area contributed by atoms with E-state index < -0.39 is 23.2 Å². The van der Waals surface area contributed by atoms with Crippen LogP contribution < -0.4 is 15.0 Å². The molecule has 0 saturated heterocycles. The zero-order chi connectivity index (χ0) is 23.3. The minimum absolute atomic E-state index is 0.0161. The van der Waals surface area contributed by atoms with Crippen molar-refractivity contribution in [2.75, 3.05) is 17.3 Å². The molecule has 2 heterocycles. The number of halogens is 3. The number of nitrogens with one attached hydrogen (secondary N) is 1. The number of fused-ring (bicyclic) bond motifs is 2. The van der Waals surface area contributed by atoms with Crippen LogP contribution in [-0.4, -0.2) is 24.5 Å². The molecule has 2 aromatic rings. The summed E-state index contributed by atoms with van der Waals surface area (Å²) in [6.07, 6.45) is -1.62. The molecule has 32 heavy (non-hydrogen) atoms. The maximum Gasteiger partial charge on any atom is 0.416 e. The van der Waals surface area contributed by atoms with E-state index in [4.69, 9.17) is 4.74 Å². The van der Waals surface area contributed by atoms with Crippen molar-refractivity contribution in [3.05, 3.63) is 59.2 Å². The van der Waals surface area contributed by atoms with Crippen molar-refractivity contribution < 1.29 is 27.5 Å². The summed E-state index contributed by atoms with van der Waals surface area (Å²) in [5, 5.41) is 2.79. The van der Waals surface area contributed by atoms with Crippen molar-refractivity contribution in [3.63, 3.8) is 0 Å². The molecule has 2 amide bonds. The molecule has 2 aromatic carbocycles. The van der Waals surface area contributed by atoms with Gasteiger partial charge in [0.25, 0.3) is 0 Å². The molecule has 2 aliphatic rings. The number of benzene rings is 2. The van der Waals surface area contributed by atoms with Crippen molar-refractivity contribution >= 4 is 28.8 Å². The topological polar surface area (TPSA) is 58.6 Å². The van der Waals surface area contributed by atoms with Gasteiger partial charge in [-0.15, -0.1) is 0 Å². The number of aryl methyl sites for hydroxylation is 1. The van der Waals surface area contributed by atoms with Gasteiger partial charge >= 0.3 is 6.18 Å². The maximum absolute atomic E-state index is 13.1. The van der Waals surface area contributed by atoms with E-state index >= 15 is 0 Å². The Morgan fingerprint density at radius 3 is 2.62 bits per heavy atom. The van der Waals surface area contributed by atoms with Crippen LogP contribution >= 0.6 is 0 Å². The van der Waals surface area contributed by atoms with Gasteiger partial charge in [-0.05, 0) is 55.7 Å². The highest BCUT2D eigenvalue weighted by Gasteiger charge is 2.35. The Morgan fingerprint density at radius 2 is 1.91 bits per heavy atom. The van der Waals surface area contributed by atoms with E-state index in [9.17, 15) is 22.8 Å². The van der Waals surface area contributed by atoms with Gasteiger partial charge in [0.05, 0.1) is 5.56 Å². The Bertz CT molecular complexity index is 1140. The van der Waals surface area contributed by atoms with Gasteiger partial charge in [0.1, 0.15) is 11.4 Å². The molecule has 0 fully saturated rings. The van der Waals surface area contributed by atoms with E-state index in [-0.39, 0.29) is 11.7 Å². The summed E-state index contributed by atoms with van der Waals surface area (Å²) in [7, 11) is 1.70. The molecular weight excluding hydrogens is 421 g/mol. The van der Waals surface area contributed by atoms with Gasteiger partial charge in [0.2, 0.25) is 11.8 Å². The molecule has 0 atom stereocenters. The lowest BCUT2D eigenvalue weighted by Crippen LogP contribution is -2.32. The second-order valence-corrected chi connectivity index (χ2v) is 8.70. The van der Waals surface area contributed by atoms with Gasteiger partial charge in [0.15, 0.2) is 0 Å². The molecule has 0 bridgehead atoms. The zero-order valence-electron chi connectivity index (χ0n) is 18.0. The van der Waals surface area contributed by atoms with E-state index in [0.29, 0.717) is 36.1 Å². The number of hydrogen-bond acceptors (Lipinski definition) is 3. The van der Waals surface area contributed by atoms with E-state index in [1.165, 1.54) is 12.1 Å². The van der Waals surface area contributed by atoms with Crippen molar-refractivity contribution in [1.29, 1.82) is 0 Å². The van der Waals surface area contributed by atoms with Crippen LogP contribution in [0.25, 0.3) is 5.57 Å². The zero-order valence-corrected chi connectivity index (χ0v) is 18.0. The maximum atomic E-state index is 13.1. The van der Waals surface area contributed by atoms with Gasteiger partial charge in [-0.3, -0.25) is 9.59 Å². The van der Waals surface area contributed by atoms with Crippen molar-refractivity contribution in [3.8, 4) is 5.75 Å². The van der Waals surface area contributed by atoms with Crippen LogP contribution in [0.1, 0.15) is 43.4 Å². The Kier molecular flexibility index (Phi) is 5.27. The second kappa shape index (κ2) is 7.69. The SMILES string of the molecule is CN1C(=O)CCc2ccc(NC(=O)C=C3CC(C)(C)Oc4cc(C(F)(F)F)ccc43)cc21. The monoisotopic (exact) mass is 444 g/mol. The number of ether oxygens (including phenoxy) is 1. The average Bonchev–Trinajstić information content (AvgIpc) is 2.69. The third-order valence-corrected chi connectivity index (χ3v) is 5.66. The summed E-state index contributed by atoms with van der Waals surface area (Å²) in [5.41, 5.74) is 1.80. The number of anilines is 2. The predicted molar refractivity (Wildman–Crippen MR) is 116 cm³/mol. The lowest BCUT2D eigenvalue weighted by atomic mass is 9.88. The molecule has 0 radical (unpaired) electrons. The van der Waals surface area contributed by atoms with Crippen molar-refractivity contribution in [2.45, 2.75) is 44.9 Å². The van der Waals surface area contributed by atoms with Gasteiger partial charge in [-0.2, -0.15) is 13.2 Å². The van der Waals surface area contributed by atoms with Gasteiger partial charge in [-0.25, -0.2) is 0 Å². The molecule has 0 unspecified atom stereocenters. The largest absolute Gasteiger partial charge is 0.487 e. The van der Waals surface area contributed by atoms with Crippen molar-refractivity contribution in [2.24, 2.45) is 0 Å². The summed E-state index contributed by atoms with van der Waals surface area (Å²) in [6, 6.07) is 8.70. The highest BCUT2D eigenvalue weighted by molar-refractivity contribution is 6.05. The minimum atomic E-state index is -4.48. The number of carbonyl (C=O) groups excluding carboxylic acids is 2. The van der Waals surface area contributed by atoms with Crippen LogP contribution in [0.3, 0.4) is 0 Å². The quantitative estimate of drug-likeness (QED) is 0.648. The van der Waals surface area contributed by atoms with Crippen LogP contribution in [0, 0.1) is 0 Å². The first kappa shape index (κ1) is 21.9. The summed E-state index contributed by atoms with van der Waals surface area (Å²) in [5.74, 6) is -0.292. The van der Waals surface area contributed by atoms with Crippen molar-refractivity contribution in [1.82, 2.24) is 0 Å². The van der Waals surface area contributed by atoms with Gasteiger partial charge in [-0.1, -0.05) is 12.1 Å². The molecular formula is C24H23F3N2O3. The summed E-state index contributed by atoms with van der Waals surface area (Å²) in [4.78, 5) is 26.3. The van der Waals surface area contributed by atoms with Crippen LogP contribution in [0.2, 0.25) is 0 Å². The number of carbonyl (C=O) groups is 2. The molecule has 1 N–H and O–H groups in total. The fraction of sp³-hybridized carbons (Fsp3) is 0.333. The minimum Gasteiger partial charge on any atom is -0.487 e. The standard InChI is InChI=1S/C24H23F3N2O3/c1-23(2)13-15(18-8-6-16(24(25,26)27)11-20(18)32-23)10-21(30)28-17-7-4-14-5-9-22(31)29(3)19(14)12-17/h4,6-8,10-12H,5,9,13H2,1-3H3,(H,28,30). The number of alkyl halides is 3. The second-order valence-electron chi connectivity index (χ2n) is 8.70. The molecule has 4 rings (SSSR count). The Hall–Kier alpha value is -3.29. The fourth-order valence-corrected chi connectivity index (χ4v) is 4.11. The Morgan fingerprint density at radius 1 is 1.16 bits per heavy atom. The molecule has 168 valence electrons. The number of hydrogen-bond donors (Lipinski definition) is 1. The fourth-order valence-electron chi connectivity index (χ4n) is 4.11. The first-order chi connectivity index (χ1) is 14.9. The number of amides is 2. The van der Waals surface area contributed by atoms with Gasteiger partial charge in [0, 0.05) is 42.9 Å². The summed E-state index contributed by atoms with van der Waals surface area (Å²) >= 11 is 0. The molecule has 0 spiro atoms.